The van der Waals surface area contributed by atoms with Crippen molar-refractivity contribution in [3.8, 4) is 0 Å². The summed E-state index contributed by atoms with van der Waals surface area (Å²) in [5.41, 5.74) is 8.89. The molecule has 0 saturated carbocycles. The van der Waals surface area contributed by atoms with Gasteiger partial charge in [0.25, 0.3) is 5.91 Å². The topological polar surface area (TPSA) is 82.3 Å². The zero-order valence-electron chi connectivity index (χ0n) is 15.6. The van der Waals surface area contributed by atoms with Gasteiger partial charge in [-0.25, -0.2) is 0 Å². The lowest BCUT2D eigenvalue weighted by atomic mass is 10.1. The molecule has 1 unspecified atom stereocenters. The molecule has 2 aromatic carbocycles. The summed E-state index contributed by atoms with van der Waals surface area (Å²) in [6.07, 6.45) is 0.123. The molecular formula is C20H24N4O2S. The Kier molecular flexibility index (Phi) is 7.31. The van der Waals surface area contributed by atoms with Crippen molar-refractivity contribution in [1.82, 2.24) is 16.2 Å². The predicted molar refractivity (Wildman–Crippen MR) is 111 cm³/mol. The van der Waals surface area contributed by atoms with Crippen molar-refractivity contribution >= 4 is 34.8 Å². The number of thiocarbonyl (C=S) groups is 1. The summed E-state index contributed by atoms with van der Waals surface area (Å²) < 4.78 is 0. The van der Waals surface area contributed by atoms with Gasteiger partial charge in [-0.3, -0.25) is 20.4 Å². The number of carbonyl (C=O) groups excluding carboxylic acids is 2. The van der Waals surface area contributed by atoms with E-state index in [1.54, 1.807) is 31.2 Å². The first-order valence-electron chi connectivity index (χ1n) is 8.64. The highest BCUT2D eigenvalue weighted by Gasteiger charge is 2.13. The van der Waals surface area contributed by atoms with Gasteiger partial charge in [0.1, 0.15) is 0 Å². The van der Waals surface area contributed by atoms with Crippen LogP contribution in [0, 0.1) is 13.8 Å². The fraction of sp³-hybridized carbons (Fsp3) is 0.250. The number of aryl methyl sites for hydroxylation is 1. The molecule has 0 fully saturated rings. The molecule has 0 aliphatic rings. The van der Waals surface area contributed by atoms with E-state index in [0.717, 1.165) is 16.8 Å². The Balaban J connectivity index is 1.76. The van der Waals surface area contributed by atoms with Crippen molar-refractivity contribution in [3.63, 3.8) is 0 Å². The van der Waals surface area contributed by atoms with Crippen molar-refractivity contribution in [1.29, 1.82) is 0 Å². The van der Waals surface area contributed by atoms with Gasteiger partial charge >= 0.3 is 0 Å². The number of anilines is 1. The number of nitrogens with one attached hydrogen (secondary N) is 4. The van der Waals surface area contributed by atoms with Gasteiger partial charge in [0.05, 0.1) is 0 Å². The molecule has 7 heteroatoms. The Labute approximate surface area is 164 Å². The minimum absolute atomic E-state index is 0.123. The van der Waals surface area contributed by atoms with Crippen LogP contribution in [-0.2, 0) is 4.79 Å². The van der Waals surface area contributed by atoms with Crippen LogP contribution in [0.5, 0.6) is 0 Å². The maximum Gasteiger partial charge on any atom is 0.251 e. The van der Waals surface area contributed by atoms with Crippen molar-refractivity contribution in [2.24, 2.45) is 0 Å². The van der Waals surface area contributed by atoms with Crippen LogP contribution in [0.15, 0.2) is 48.5 Å². The Morgan fingerprint density at radius 3 is 2.41 bits per heavy atom. The van der Waals surface area contributed by atoms with Crippen LogP contribution in [0.3, 0.4) is 0 Å². The van der Waals surface area contributed by atoms with Gasteiger partial charge in [0, 0.05) is 23.7 Å². The minimum atomic E-state index is -0.319. The number of hydrazine groups is 1. The number of amides is 2. The largest absolute Gasteiger partial charge is 0.349 e. The van der Waals surface area contributed by atoms with Crippen molar-refractivity contribution in [2.75, 3.05) is 5.32 Å². The first-order chi connectivity index (χ1) is 12.9. The number of rotatable bonds is 5. The van der Waals surface area contributed by atoms with Crippen LogP contribution in [0.1, 0.15) is 34.8 Å². The SMILES string of the molecule is Cc1cccc(NC(=S)NNC(=O)CC(C)NC(=O)c2ccccc2)c1C. The van der Waals surface area contributed by atoms with Crippen LogP contribution < -0.4 is 21.5 Å². The Morgan fingerprint density at radius 2 is 1.70 bits per heavy atom. The lowest BCUT2D eigenvalue weighted by Gasteiger charge is -2.16. The predicted octanol–water partition coefficient (Wildman–Crippen LogP) is 2.83. The third kappa shape index (κ3) is 6.38. The molecular weight excluding hydrogens is 360 g/mol. The Bertz CT molecular complexity index is 824. The molecule has 4 N–H and O–H groups in total. The second kappa shape index (κ2) is 9.68. The van der Waals surface area contributed by atoms with E-state index in [-0.39, 0.29) is 29.4 Å². The highest BCUT2D eigenvalue weighted by atomic mass is 32.1. The Morgan fingerprint density at radius 1 is 1.00 bits per heavy atom. The molecule has 0 aromatic heterocycles. The summed E-state index contributed by atoms with van der Waals surface area (Å²) in [5.74, 6) is -0.489. The Hall–Kier alpha value is -2.93. The summed E-state index contributed by atoms with van der Waals surface area (Å²) in [6.45, 7) is 5.78. The smallest absolute Gasteiger partial charge is 0.251 e. The zero-order valence-corrected chi connectivity index (χ0v) is 16.4. The van der Waals surface area contributed by atoms with Gasteiger partial charge in [-0.2, -0.15) is 0 Å². The van der Waals surface area contributed by atoms with Crippen LogP contribution in [0.4, 0.5) is 5.69 Å². The molecule has 0 saturated heterocycles. The second-order valence-corrected chi connectivity index (χ2v) is 6.73. The molecule has 0 bridgehead atoms. The second-order valence-electron chi connectivity index (χ2n) is 6.32. The van der Waals surface area contributed by atoms with E-state index < -0.39 is 0 Å². The van der Waals surface area contributed by atoms with Crippen LogP contribution >= 0.6 is 12.2 Å². The van der Waals surface area contributed by atoms with Crippen molar-refractivity contribution < 1.29 is 9.59 Å². The van der Waals surface area contributed by atoms with Crippen LogP contribution in [-0.4, -0.2) is 23.0 Å². The summed E-state index contributed by atoms with van der Waals surface area (Å²) >= 11 is 5.20. The number of carbonyl (C=O) groups is 2. The van der Waals surface area contributed by atoms with E-state index >= 15 is 0 Å². The molecule has 1 atom stereocenters. The lowest BCUT2D eigenvalue weighted by Crippen LogP contribution is -2.46. The summed E-state index contributed by atoms with van der Waals surface area (Å²) in [4.78, 5) is 24.1. The third-order valence-corrected chi connectivity index (χ3v) is 4.28. The molecule has 0 spiro atoms. The number of hydrogen-bond donors (Lipinski definition) is 4. The van der Waals surface area contributed by atoms with Gasteiger partial charge in [0.15, 0.2) is 5.11 Å². The normalized spacial score (nSPS) is 11.2. The quantitative estimate of drug-likeness (QED) is 0.471. The number of benzene rings is 2. The number of hydrogen-bond acceptors (Lipinski definition) is 3. The highest BCUT2D eigenvalue weighted by molar-refractivity contribution is 7.80. The molecule has 0 heterocycles. The van der Waals surface area contributed by atoms with Gasteiger partial charge in [0.2, 0.25) is 5.91 Å². The third-order valence-electron chi connectivity index (χ3n) is 4.07. The van der Waals surface area contributed by atoms with E-state index in [2.05, 4.69) is 21.5 Å². The standard InChI is InChI=1S/C20H24N4O2S/c1-13-8-7-11-17(15(13)3)22-20(27)24-23-18(25)12-14(2)21-19(26)16-9-5-4-6-10-16/h4-11,14H,12H2,1-3H3,(H,21,26)(H,23,25)(H2,22,24,27). The van der Waals surface area contributed by atoms with E-state index in [0.29, 0.717) is 5.56 Å². The van der Waals surface area contributed by atoms with Crippen LogP contribution in [0.25, 0.3) is 0 Å². The zero-order chi connectivity index (χ0) is 19.8. The maximum absolute atomic E-state index is 12.1. The maximum atomic E-state index is 12.1. The summed E-state index contributed by atoms with van der Waals surface area (Å²) in [7, 11) is 0. The fourth-order valence-electron chi connectivity index (χ4n) is 2.44. The molecule has 0 aliphatic carbocycles. The van der Waals surface area contributed by atoms with Crippen molar-refractivity contribution in [2.45, 2.75) is 33.2 Å². The monoisotopic (exact) mass is 384 g/mol. The molecule has 0 aliphatic heterocycles. The molecule has 2 amide bonds. The molecule has 2 aromatic rings. The lowest BCUT2D eigenvalue weighted by molar-refractivity contribution is -0.122. The summed E-state index contributed by atoms with van der Waals surface area (Å²) in [6, 6.07) is 14.4. The van der Waals surface area contributed by atoms with Gasteiger partial charge in [-0.05, 0) is 62.3 Å². The van der Waals surface area contributed by atoms with Crippen molar-refractivity contribution in [3.05, 3.63) is 65.2 Å². The minimum Gasteiger partial charge on any atom is -0.349 e. The first-order valence-corrected chi connectivity index (χ1v) is 9.05. The van der Waals surface area contributed by atoms with Gasteiger partial charge in [-0.15, -0.1) is 0 Å². The van der Waals surface area contributed by atoms with Gasteiger partial charge in [-0.1, -0.05) is 30.3 Å². The average Bonchev–Trinajstić information content (AvgIpc) is 2.64. The fourth-order valence-corrected chi connectivity index (χ4v) is 2.60. The van der Waals surface area contributed by atoms with E-state index in [4.69, 9.17) is 12.2 Å². The van der Waals surface area contributed by atoms with E-state index in [9.17, 15) is 9.59 Å². The first kappa shape index (κ1) is 20.4. The molecule has 27 heavy (non-hydrogen) atoms. The van der Waals surface area contributed by atoms with E-state index in [1.807, 2.05) is 38.1 Å². The highest BCUT2D eigenvalue weighted by Crippen LogP contribution is 2.17. The summed E-state index contributed by atoms with van der Waals surface area (Å²) in [5, 5.41) is 6.13. The molecule has 142 valence electrons. The van der Waals surface area contributed by atoms with E-state index in [1.165, 1.54) is 0 Å². The molecule has 6 nitrogen and oxygen atoms in total. The molecule has 2 rings (SSSR count). The van der Waals surface area contributed by atoms with Crippen LogP contribution in [0.2, 0.25) is 0 Å². The molecule has 0 radical (unpaired) electrons. The van der Waals surface area contributed by atoms with Gasteiger partial charge < -0.3 is 10.6 Å². The average molecular weight is 385 g/mol.